The molecule has 0 bridgehead atoms. The van der Waals surface area contributed by atoms with Gasteiger partial charge in [0, 0.05) is 13.6 Å². The lowest BCUT2D eigenvalue weighted by atomic mass is 9.98. The lowest BCUT2D eigenvalue weighted by molar-refractivity contribution is 0.0938. The molecule has 0 atom stereocenters. The molecule has 5 nitrogen and oxygen atoms in total. The van der Waals surface area contributed by atoms with Gasteiger partial charge in [-0.05, 0) is 43.4 Å². The van der Waals surface area contributed by atoms with Crippen LogP contribution in [0, 0.1) is 17.8 Å². The fourth-order valence-corrected chi connectivity index (χ4v) is 2.66. The van der Waals surface area contributed by atoms with Crippen molar-refractivity contribution in [1.82, 2.24) is 15.3 Å². The first-order valence-electron chi connectivity index (χ1n) is 7.06. The Morgan fingerprint density at radius 3 is 2.58 bits per heavy atom. The van der Waals surface area contributed by atoms with E-state index in [4.69, 9.17) is 0 Å². The fraction of sp³-hybridized carbons (Fsp3) is 0.643. The van der Waals surface area contributed by atoms with Crippen molar-refractivity contribution in [1.29, 1.82) is 0 Å². The normalized spacial score (nSPS) is 18.4. The molecule has 2 aliphatic carbocycles. The smallest absolute Gasteiger partial charge is 0.271 e. The molecule has 2 fully saturated rings. The van der Waals surface area contributed by atoms with Crippen molar-refractivity contribution < 1.29 is 4.79 Å². The topological polar surface area (TPSA) is 66.9 Å². The van der Waals surface area contributed by atoms with Crippen molar-refractivity contribution in [3.8, 4) is 0 Å². The van der Waals surface area contributed by atoms with Crippen molar-refractivity contribution in [3.63, 3.8) is 0 Å². The predicted molar refractivity (Wildman–Crippen MR) is 72.8 cm³/mol. The van der Waals surface area contributed by atoms with Crippen molar-refractivity contribution in [2.75, 3.05) is 18.9 Å². The van der Waals surface area contributed by atoms with Gasteiger partial charge in [0.15, 0.2) is 0 Å². The van der Waals surface area contributed by atoms with E-state index in [1.807, 2.05) is 0 Å². The molecule has 1 aromatic rings. The van der Waals surface area contributed by atoms with Crippen LogP contribution < -0.4 is 10.6 Å². The van der Waals surface area contributed by atoms with Gasteiger partial charge in [0.2, 0.25) is 0 Å². The molecule has 0 radical (unpaired) electrons. The number of anilines is 1. The molecule has 5 heteroatoms. The average molecular weight is 260 g/mol. The predicted octanol–water partition coefficient (Wildman–Crippen LogP) is 1.68. The van der Waals surface area contributed by atoms with E-state index >= 15 is 0 Å². The highest BCUT2D eigenvalue weighted by atomic mass is 16.1. The number of carbonyl (C=O) groups excluding carboxylic acids is 1. The Kier molecular flexibility index (Phi) is 3.36. The van der Waals surface area contributed by atoms with E-state index in [1.165, 1.54) is 31.9 Å². The summed E-state index contributed by atoms with van der Waals surface area (Å²) in [4.78, 5) is 20.3. The molecule has 3 rings (SSSR count). The highest BCUT2D eigenvalue weighted by molar-refractivity contribution is 5.92. The first-order chi connectivity index (χ1) is 9.28. The number of aromatic nitrogens is 2. The van der Waals surface area contributed by atoms with Crippen LogP contribution in [0.5, 0.6) is 0 Å². The minimum Gasteiger partial charge on any atom is -0.372 e. The zero-order valence-electron chi connectivity index (χ0n) is 11.2. The molecule has 19 heavy (non-hydrogen) atoms. The fourth-order valence-electron chi connectivity index (χ4n) is 2.66. The Balaban J connectivity index is 1.57. The van der Waals surface area contributed by atoms with Gasteiger partial charge in [-0.25, -0.2) is 4.98 Å². The lowest BCUT2D eigenvalue weighted by Gasteiger charge is -2.16. The average Bonchev–Trinajstić information content (AvgIpc) is 3.31. The Hall–Kier alpha value is -1.65. The number of hydrogen-bond acceptors (Lipinski definition) is 4. The molecule has 1 amide bonds. The minimum absolute atomic E-state index is 0.115. The molecule has 2 N–H and O–H groups in total. The highest BCUT2D eigenvalue weighted by Crippen LogP contribution is 2.48. The standard InChI is InChI=1S/C14H20N4O/c1-15-13-8-16-7-12(18-13)14(19)17-6-11(9-2-3-9)10-4-5-10/h7-11H,2-6H2,1H3,(H,15,18)(H,17,19). The van der Waals surface area contributed by atoms with Crippen molar-refractivity contribution >= 4 is 11.7 Å². The molecule has 0 aliphatic heterocycles. The number of hydrogen-bond donors (Lipinski definition) is 2. The van der Waals surface area contributed by atoms with Crippen LogP contribution >= 0.6 is 0 Å². The molecule has 0 aromatic carbocycles. The van der Waals surface area contributed by atoms with Gasteiger partial charge < -0.3 is 10.6 Å². The Morgan fingerprint density at radius 1 is 1.32 bits per heavy atom. The van der Waals surface area contributed by atoms with Crippen molar-refractivity contribution in [2.24, 2.45) is 17.8 Å². The van der Waals surface area contributed by atoms with Gasteiger partial charge in [-0.3, -0.25) is 9.78 Å². The van der Waals surface area contributed by atoms with Crippen LogP contribution in [0.4, 0.5) is 5.82 Å². The molecule has 1 aromatic heterocycles. The van der Waals surface area contributed by atoms with Crippen molar-refractivity contribution in [2.45, 2.75) is 25.7 Å². The van der Waals surface area contributed by atoms with Gasteiger partial charge in [-0.2, -0.15) is 0 Å². The zero-order valence-corrected chi connectivity index (χ0v) is 11.2. The third-order valence-corrected chi connectivity index (χ3v) is 4.08. The lowest BCUT2D eigenvalue weighted by Crippen LogP contribution is -2.31. The summed E-state index contributed by atoms with van der Waals surface area (Å²) in [7, 11) is 1.77. The summed E-state index contributed by atoms with van der Waals surface area (Å²) in [5, 5.41) is 5.91. The van der Waals surface area contributed by atoms with Crippen LogP contribution in [0.15, 0.2) is 12.4 Å². The number of nitrogens with zero attached hydrogens (tertiary/aromatic N) is 2. The molecular formula is C14H20N4O. The van der Waals surface area contributed by atoms with E-state index in [0.717, 1.165) is 18.4 Å². The highest BCUT2D eigenvalue weighted by Gasteiger charge is 2.41. The van der Waals surface area contributed by atoms with Crippen LogP contribution in [0.2, 0.25) is 0 Å². The molecule has 0 spiro atoms. The first kappa shape index (κ1) is 12.4. The largest absolute Gasteiger partial charge is 0.372 e. The van der Waals surface area contributed by atoms with Crippen LogP contribution in [-0.2, 0) is 0 Å². The summed E-state index contributed by atoms with van der Waals surface area (Å²) in [6, 6.07) is 0. The molecule has 0 unspecified atom stereocenters. The molecular weight excluding hydrogens is 240 g/mol. The first-order valence-corrected chi connectivity index (χ1v) is 7.06. The molecule has 1 heterocycles. The quantitative estimate of drug-likeness (QED) is 0.816. The Labute approximate surface area is 113 Å². The molecule has 2 aliphatic rings. The van der Waals surface area contributed by atoms with E-state index < -0.39 is 0 Å². The Bertz CT molecular complexity index is 456. The van der Waals surface area contributed by atoms with E-state index in [1.54, 1.807) is 13.2 Å². The van der Waals surface area contributed by atoms with Crippen LogP contribution in [0.3, 0.4) is 0 Å². The second-order valence-corrected chi connectivity index (χ2v) is 5.59. The minimum atomic E-state index is -0.115. The summed E-state index contributed by atoms with van der Waals surface area (Å²) in [6.45, 7) is 0.791. The summed E-state index contributed by atoms with van der Waals surface area (Å²) >= 11 is 0. The van der Waals surface area contributed by atoms with E-state index in [-0.39, 0.29) is 5.91 Å². The van der Waals surface area contributed by atoms with Crippen LogP contribution in [0.25, 0.3) is 0 Å². The number of carbonyl (C=O) groups is 1. The van der Waals surface area contributed by atoms with Crippen LogP contribution in [-0.4, -0.2) is 29.5 Å². The number of rotatable bonds is 6. The number of nitrogens with one attached hydrogen (secondary N) is 2. The molecule has 0 saturated heterocycles. The third-order valence-electron chi connectivity index (χ3n) is 4.08. The van der Waals surface area contributed by atoms with Gasteiger partial charge >= 0.3 is 0 Å². The maximum absolute atomic E-state index is 12.1. The van der Waals surface area contributed by atoms with Crippen LogP contribution in [0.1, 0.15) is 36.2 Å². The van der Waals surface area contributed by atoms with E-state index in [9.17, 15) is 4.79 Å². The summed E-state index contributed by atoms with van der Waals surface area (Å²) in [6.07, 6.45) is 8.48. The zero-order chi connectivity index (χ0) is 13.2. The third kappa shape index (κ3) is 3.03. The summed E-state index contributed by atoms with van der Waals surface area (Å²) in [5.41, 5.74) is 0.386. The monoisotopic (exact) mass is 260 g/mol. The van der Waals surface area contributed by atoms with Gasteiger partial charge in [-0.15, -0.1) is 0 Å². The summed E-state index contributed by atoms with van der Waals surface area (Å²) < 4.78 is 0. The van der Waals surface area contributed by atoms with E-state index in [2.05, 4.69) is 20.6 Å². The second-order valence-electron chi connectivity index (χ2n) is 5.59. The Morgan fingerprint density at radius 2 is 2.00 bits per heavy atom. The van der Waals surface area contributed by atoms with Gasteiger partial charge in [-0.1, -0.05) is 0 Å². The molecule has 102 valence electrons. The maximum atomic E-state index is 12.1. The van der Waals surface area contributed by atoms with Crippen molar-refractivity contribution in [3.05, 3.63) is 18.1 Å². The summed E-state index contributed by atoms with van der Waals surface area (Å²) in [5.74, 6) is 2.89. The number of amides is 1. The van der Waals surface area contributed by atoms with Gasteiger partial charge in [0.25, 0.3) is 5.91 Å². The SMILES string of the molecule is CNc1cncc(C(=O)NCC(C2CC2)C2CC2)n1. The van der Waals surface area contributed by atoms with Gasteiger partial charge in [0.1, 0.15) is 11.5 Å². The second kappa shape index (κ2) is 5.15. The maximum Gasteiger partial charge on any atom is 0.271 e. The molecule has 2 saturated carbocycles. The van der Waals surface area contributed by atoms with Gasteiger partial charge in [0.05, 0.1) is 12.4 Å². The van der Waals surface area contributed by atoms with E-state index in [0.29, 0.717) is 17.4 Å².